The summed E-state index contributed by atoms with van der Waals surface area (Å²) in [6, 6.07) is 11.6. The highest BCUT2D eigenvalue weighted by molar-refractivity contribution is 6.00. The van der Waals surface area contributed by atoms with Crippen LogP contribution in [0.25, 0.3) is 5.70 Å². The third-order valence-corrected chi connectivity index (χ3v) is 6.36. The highest BCUT2D eigenvalue weighted by atomic mass is 16.5. The molecule has 10 heteroatoms. The first-order chi connectivity index (χ1) is 18.3. The summed E-state index contributed by atoms with van der Waals surface area (Å²) >= 11 is 0. The van der Waals surface area contributed by atoms with E-state index in [1.165, 1.54) is 12.1 Å². The Morgan fingerprint density at radius 3 is 2.66 bits per heavy atom. The van der Waals surface area contributed by atoms with E-state index in [-0.39, 0.29) is 29.9 Å². The normalized spacial score (nSPS) is 18.8. The van der Waals surface area contributed by atoms with Crippen LogP contribution in [0.5, 0.6) is 5.75 Å². The summed E-state index contributed by atoms with van der Waals surface area (Å²) in [4.78, 5) is 31.0. The number of rotatable bonds is 9. The van der Waals surface area contributed by atoms with Crippen LogP contribution < -0.4 is 21.1 Å². The van der Waals surface area contributed by atoms with Crippen molar-refractivity contribution in [1.29, 1.82) is 0 Å². The Bertz CT molecular complexity index is 1330. The molecule has 2 unspecified atom stereocenters. The lowest BCUT2D eigenvalue weighted by atomic mass is 10.0. The Morgan fingerprint density at radius 2 is 1.95 bits per heavy atom. The summed E-state index contributed by atoms with van der Waals surface area (Å²) in [6.07, 6.45) is 6.20. The van der Waals surface area contributed by atoms with E-state index in [9.17, 15) is 19.8 Å². The number of aliphatic hydroxyl groups excluding tert-OH is 2. The highest BCUT2D eigenvalue weighted by Gasteiger charge is 2.27. The van der Waals surface area contributed by atoms with Crippen molar-refractivity contribution in [2.75, 3.05) is 20.2 Å². The summed E-state index contributed by atoms with van der Waals surface area (Å²) < 4.78 is 5.18. The first-order valence-corrected chi connectivity index (χ1v) is 12.2. The number of nitrogens with one attached hydrogen (secondary N) is 2. The molecular formula is C28H31N5O5. The lowest BCUT2D eigenvalue weighted by Gasteiger charge is -2.19. The number of carbonyl (C=O) groups excluding carboxylic acids is 2. The first kappa shape index (κ1) is 26.6. The van der Waals surface area contributed by atoms with Crippen LogP contribution in [-0.2, 0) is 6.54 Å². The number of benzene rings is 2. The lowest BCUT2D eigenvalue weighted by molar-refractivity contribution is 0.0645. The van der Waals surface area contributed by atoms with E-state index in [4.69, 9.17) is 10.5 Å². The molecule has 38 heavy (non-hydrogen) atoms. The molecule has 0 aromatic heterocycles. The zero-order valence-electron chi connectivity index (χ0n) is 21.2. The van der Waals surface area contributed by atoms with Crippen LogP contribution in [0, 0.1) is 5.92 Å². The number of fused-ring (bicyclic) bond motifs is 1. The largest absolute Gasteiger partial charge is 0.497 e. The van der Waals surface area contributed by atoms with E-state index in [0.717, 1.165) is 5.56 Å². The average Bonchev–Trinajstić information content (AvgIpc) is 3.23. The van der Waals surface area contributed by atoms with E-state index in [1.807, 2.05) is 37.3 Å². The van der Waals surface area contributed by atoms with Gasteiger partial charge in [0, 0.05) is 42.2 Å². The number of allylic oxidation sites excluding steroid dienone is 4. The van der Waals surface area contributed by atoms with E-state index in [2.05, 4.69) is 15.6 Å². The number of nitrogens with two attached hydrogens (primary N) is 1. The number of methoxy groups -OCH3 is 1. The molecule has 1 heterocycles. The van der Waals surface area contributed by atoms with Crippen molar-refractivity contribution < 1.29 is 24.5 Å². The predicted octanol–water partition coefficient (Wildman–Crippen LogP) is 2.29. The molecule has 0 radical (unpaired) electrons. The molecule has 1 aliphatic heterocycles. The van der Waals surface area contributed by atoms with Crippen LogP contribution in [0.3, 0.4) is 0 Å². The van der Waals surface area contributed by atoms with E-state index in [0.29, 0.717) is 41.2 Å². The van der Waals surface area contributed by atoms with E-state index >= 15 is 0 Å². The van der Waals surface area contributed by atoms with Crippen molar-refractivity contribution in [2.45, 2.75) is 19.8 Å². The van der Waals surface area contributed by atoms with E-state index in [1.54, 1.807) is 36.3 Å². The fourth-order valence-corrected chi connectivity index (χ4v) is 4.13. The second-order valence-electron chi connectivity index (χ2n) is 8.96. The molecule has 2 atom stereocenters. The van der Waals surface area contributed by atoms with Gasteiger partial charge in [0.1, 0.15) is 11.4 Å². The number of nitrogens with zero attached hydrogens (tertiary/aromatic N) is 2. The zero-order chi connectivity index (χ0) is 27.2. The van der Waals surface area contributed by atoms with Gasteiger partial charge in [-0.15, -0.1) is 0 Å². The smallest absolute Gasteiger partial charge is 0.254 e. The minimum Gasteiger partial charge on any atom is -0.497 e. The third-order valence-electron chi connectivity index (χ3n) is 6.36. The molecule has 2 aromatic rings. The Hall–Kier alpha value is -4.41. The van der Waals surface area contributed by atoms with Crippen LogP contribution in [0.2, 0.25) is 0 Å². The summed E-state index contributed by atoms with van der Waals surface area (Å²) in [7, 11) is 1.55. The monoisotopic (exact) mass is 517 g/mol. The number of carbonyl (C=O) groups is 2. The summed E-state index contributed by atoms with van der Waals surface area (Å²) in [5.74, 6) is -0.239. The van der Waals surface area contributed by atoms with Crippen molar-refractivity contribution in [3.63, 3.8) is 0 Å². The maximum absolute atomic E-state index is 12.6. The quantitative estimate of drug-likeness (QED) is 0.253. The Kier molecular flexibility index (Phi) is 8.25. The van der Waals surface area contributed by atoms with Crippen LogP contribution >= 0.6 is 0 Å². The van der Waals surface area contributed by atoms with Gasteiger partial charge in [-0.1, -0.05) is 43.4 Å². The fraction of sp³-hybridized carbons (Fsp3) is 0.250. The molecule has 4 rings (SSSR count). The van der Waals surface area contributed by atoms with E-state index < -0.39 is 12.3 Å². The topological polar surface area (TPSA) is 150 Å². The molecule has 1 aliphatic carbocycles. The molecule has 2 aromatic carbocycles. The molecule has 2 aliphatic rings. The van der Waals surface area contributed by atoms with Crippen molar-refractivity contribution in [1.82, 2.24) is 15.5 Å². The van der Waals surface area contributed by atoms with Crippen LogP contribution in [0.1, 0.15) is 38.8 Å². The van der Waals surface area contributed by atoms with Crippen LogP contribution in [-0.4, -0.2) is 59.2 Å². The zero-order valence-corrected chi connectivity index (χ0v) is 21.2. The van der Waals surface area contributed by atoms with Gasteiger partial charge in [0.15, 0.2) is 6.35 Å². The van der Waals surface area contributed by atoms with Gasteiger partial charge in [0.2, 0.25) is 5.88 Å². The molecule has 0 saturated carbocycles. The fourth-order valence-electron chi connectivity index (χ4n) is 4.13. The van der Waals surface area contributed by atoms with Crippen LogP contribution in [0.15, 0.2) is 77.6 Å². The average molecular weight is 518 g/mol. The van der Waals surface area contributed by atoms with Crippen molar-refractivity contribution >= 4 is 23.2 Å². The Labute approximate surface area is 220 Å². The SMILES string of the molecule is COc1ccc2c(c1)C(=O)N(CCNC(O)NC(=O)c1ccc(/C(N)=C(\O)N=C3C=CC=CC3C)cc1)C2. The van der Waals surface area contributed by atoms with Crippen molar-refractivity contribution in [3.05, 3.63) is 94.9 Å². The minimum atomic E-state index is -1.31. The molecule has 0 fully saturated rings. The maximum atomic E-state index is 12.6. The standard InChI is InChI=1S/C28H31N5O5/c1-17-5-3-4-6-23(17)31-26(35)24(29)18-7-9-19(10-8-18)25(34)32-28(37)30-13-14-33-16-20-11-12-21(38-2)15-22(20)27(33)36/h3-12,15,17,28,30,35,37H,13-14,16,29H2,1-2H3,(H,32,34)/b26-24+,31-23?. The number of hydrogen-bond acceptors (Lipinski definition) is 8. The number of amides is 2. The molecular weight excluding hydrogens is 486 g/mol. The minimum absolute atomic E-state index is 0.0531. The van der Waals surface area contributed by atoms with Gasteiger partial charge in [-0.25, -0.2) is 4.99 Å². The van der Waals surface area contributed by atoms with Gasteiger partial charge in [-0.05, 0) is 35.9 Å². The Morgan fingerprint density at radius 1 is 1.21 bits per heavy atom. The third kappa shape index (κ3) is 6.10. The second kappa shape index (κ2) is 11.8. The van der Waals surface area contributed by atoms with Gasteiger partial charge in [0.05, 0.1) is 12.8 Å². The highest BCUT2D eigenvalue weighted by Crippen LogP contribution is 2.26. The van der Waals surface area contributed by atoms with Crippen LogP contribution in [0.4, 0.5) is 0 Å². The molecule has 0 saturated heterocycles. The molecule has 0 bridgehead atoms. The lowest BCUT2D eigenvalue weighted by Crippen LogP contribution is -2.47. The number of hydrogen-bond donors (Lipinski definition) is 5. The Balaban J connectivity index is 1.27. The second-order valence-corrected chi connectivity index (χ2v) is 8.96. The van der Waals surface area contributed by atoms with Gasteiger partial charge in [0.25, 0.3) is 11.8 Å². The molecule has 2 amide bonds. The van der Waals surface area contributed by atoms with Gasteiger partial charge in [-0.3, -0.25) is 14.9 Å². The first-order valence-electron chi connectivity index (χ1n) is 12.2. The summed E-state index contributed by atoms with van der Waals surface area (Å²) in [5, 5.41) is 25.8. The van der Waals surface area contributed by atoms with Crippen molar-refractivity contribution in [3.8, 4) is 5.75 Å². The number of aliphatic imine (C=N–C) groups is 1. The summed E-state index contributed by atoms with van der Waals surface area (Å²) in [5.41, 5.74) is 9.15. The molecule has 198 valence electrons. The molecule has 0 spiro atoms. The number of ether oxygens (including phenoxy) is 1. The van der Waals surface area contributed by atoms with Crippen molar-refractivity contribution in [2.24, 2.45) is 16.6 Å². The molecule has 10 nitrogen and oxygen atoms in total. The van der Waals surface area contributed by atoms with Gasteiger partial charge in [-0.2, -0.15) is 0 Å². The predicted molar refractivity (Wildman–Crippen MR) is 144 cm³/mol. The number of aliphatic hydroxyl groups is 2. The summed E-state index contributed by atoms with van der Waals surface area (Å²) in [6.45, 7) is 3.05. The maximum Gasteiger partial charge on any atom is 0.254 e. The molecule has 6 N–H and O–H groups in total. The van der Waals surface area contributed by atoms with Gasteiger partial charge >= 0.3 is 0 Å². The van der Waals surface area contributed by atoms with Gasteiger partial charge < -0.3 is 30.9 Å².